The number of fused-ring (bicyclic) bond motifs is 2. The number of non-ortho nitro benzene ring substituents is 1. The molecule has 0 radical (unpaired) electrons. The normalized spacial score (nSPS) is 24.4. The van der Waals surface area contributed by atoms with E-state index in [0.717, 1.165) is 36.9 Å². The number of rotatable bonds is 13. The Morgan fingerprint density at radius 1 is 1.08 bits per heavy atom. The van der Waals surface area contributed by atoms with Crippen molar-refractivity contribution in [1.82, 2.24) is 20.4 Å². The molecule has 3 aromatic carbocycles. The predicted molar refractivity (Wildman–Crippen MR) is 200 cm³/mol. The van der Waals surface area contributed by atoms with Crippen molar-refractivity contribution in [1.29, 1.82) is 0 Å². The minimum Gasteiger partial charge on any atom is -0.496 e. The number of carbonyl (C=O) groups excluding carboxylic acids is 2. The molecule has 272 valence electrons. The van der Waals surface area contributed by atoms with Gasteiger partial charge in [0.05, 0.1) is 18.1 Å². The van der Waals surface area contributed by atoms with E-state index >= 15 is 0 Å². The summed E-state index contributed by atoms with van der Waals surface area (Å²) in [5.41, 5.74) is 3.54. The maximum Gasteiger partial charge on any atom is 0.270 e. The number of benzene rings is 3. The molecule has 6 atom stereocenters. The second kappa shape index (κ2) is 15.1. The molecule has 3 aromatic rings. The van der Waals surface area contributed by atoms with Crippen molar-refractivity contribution >= 4 is 17.5 Å². The maximum atomic E-state index is 13.7. The molecule has 7 rings (SSSR count). The van der Waals surface area contributed by atoms with Crippen LogP contribution in [0.4, 0.5) is 5.69 Å². The smallest absolute Gasteiger partial charge is 0.270 e. The highest BCUT2D eigenvalue weighted by Gasteiger charge is 2.56. The van der Waals surface area contributed by atoms with E-state index in [1.165, 1.54) is 18.6 Å². The Kier molecular flexibility index (Phi) is 10.8. The van der Waals surface area contributed by atoms with Crippen LogP contribution in [0.1, 0.15) is 67.9 Å². The summed E-state index contributed by atoms with van der Waals surface area (Å²) in [7, 11) is 5.49. The quantitative estimate of drug-likeness (QED) is 0.159. The van der Waals surface area contributed by atoms with Crippen LogP contribution in [0.25, 0.3) is 11.1 Å². The van der Waals surface area contributed by atoms with Gasteiger partial charge in [-0.05, 0) is 93.1 Å². The number of para-hydroxylation sites is 1. The second-order valence-corrected chi connectivity index (χ2v) is 15.8. The monoisotopic (exact) mass is 695 g/mol. The number of methoxy groups -OCH3 is 1. The first kappa shape index (κ1) is 36.5. The molecule has 3 aliphatic carbocycles. The van der Waals surface area contributed by atoms with Gasteiger partial charge in [-0.25, -0.2) is 0 Å². The molecule has 10 nitrogen and oxygen atoms in total. The summed E-state index contributed by atoms with van der Waals surface area (Å²) in [6.45, 7) is 8.94. The predicted octanol–water partition coefficient (Wildman–Crippen LogP) is 6.32. The average Bonchev–Trinajstić information content (AvgIpc) is 3.57. The van der Waals surface area contributed by atoms with Crippen LogP contribution in [0.2, 0.25) is 0 Å². The first-order chi connectivity index (χ1) is 24.3. The van der Waals surface area contributed by atoms with E-state index in [9.17, 15) is 19.7 Å². The van der Waals surface area contributed by atoms with E-state index < -0.39 is 4.92 Å². The van der Waals surface area contributed by atoms with E-state index in [0.29, 0.717) is 59.6 Å². The fourth-order valence-electron chi connectivity index (χ4n) is 9.10. The Morgan fingerprint density at radius 3 is 2.51 bits per heavy atom. The summed E-state index contributed by atoms with van der Waals surface area (Å²) in [5.74, 6) is 2.09. The summed E-state index contributed by atoms with van der Waals surface area (Å²) < 4.78 is 5.98. The number of nitro benzene ring substituents is 1. The number of hydrogen-bond acceptors (Lipinski definition) is 7. The summed E-state index contributed by atoms with van der Waals surface area (Å²) in [4.78, 5) is 43.4. The Hall–Kier alpha value is -4.28. The van der Waals surface area contributed by atoms with Crippen LogP contribution in [0.15, 0.2) is 66.7 Å². The molecule has 10 heteroatoms. The number of nitro groups is 1. The van der Waals surface area contributed by atoms with Gasteiger partial charge in [0.25, 0.3) is 11.6 Å². The molecule has 0 spiro atoms. The molecule has 2 amide bonds. The highest BCUT2D eigenvalue weighted by molar-refractivity contribution is 5.97. The van der Waals surface area contributed by atoms with E-state index in [-0.39, 0.29) is 41.2 Å². The van der Waals surface area contributed by atoms with Crippen molar-refractivity contribution in [3.8, 4) is 16.9 Å². The summed E-state index contributed by atoms with van der Waals surface area (Å²) >= 11 is 0. The van der Waals surface area contributed by atoms with Crippen molar-refractivity contribution in [3.05, 3.63) is 93.5 Å². The molecule has 1 aliphatic heterocycles. The lowest BCUT2D eigenvalue weighted by molar-refractivity contribution is -0.384. The SMILES string of the molecule is COc1c(CN2CCC[C@H]2C(=O)N[C@H]2C[C@@H]3C[C@@H]([C@@H]2C)C3(C)C)cccc1-c1cc(C(=O)N[C@@H](Cc2ccccc2)CN(C)C)cc([N+](=O)[O-])c1. The average molecular weight is 696 g/mol. The van der Waals surface area contributed by atoms with Crippen LogP contribution in [-0.4, -0.2) is 79.0 Å². The largest absolute Gasteiger partial charge is 0.496 e. The number of nitrogens with one attached hydrogen (secondary N) is 2. The number of amides is 2. The van der Waals surface area contributed by atoms with Gasteiger partial charge in [0.2, 0.25) is 5.91 Å². The Morgan fingerprint density at radius 2 is 1.84 bits per heavy atom. The first-order valence-electron chi connectivity index (χ1n) is 18.3. The molecule has 2 N–H and O–H groups in total. The summed E-state index contributed by atoms with van der Waals surface area (Å²) in [6, 6.07) is 20.0. The van der Waals surface area contributed by atoms with Gasteiger partial charge in [-0.2, -0.15) is 0 Å². The van der Waals surface area contributed by atoms with Gasteiger partial charge in [0, 0.05) is 54.0 Å². The third-order valence-corrected chi connectivity index (χ3v) is 12.0. The van der Waals surface area contributed by atoms with Crippen LogP contribution < -0.4 is 15.4 Å². The lowest BCUT2D eigenvalue weighted by Crippen LogP contribution is -2.61. The molecular weight excluding hydrogens is 642 g/mol. The van der Waals surface area contributed by atoms with Crippen molar-refractivity contribution in [2.24, 2.45) is 23.2 Å². The van der Waals surface area contributed by atoms with Crippen molar-refractivity contribution in [2.45, 2.75) is 77.5 Å². The van der Waals surface area contributed by atoms with Gasteiger partial charge < -0.3 is 20.3 Å². The van der Waals surface area contributed by atoms with Gasteiger partial charge in [-0.15, -0.1) is 0 Å². The molecule has 1 saturated heterocycles. The fraction of sp³-hybridized carbons (Fsp3) is 0.512. The number of hydrogen-bond donors (Lipinski definition) is 2. The third-order valence-electron chi connectivity index (χ3n) is 12.0. The van der Waals surface area contributed by atoms with Crippen molar-refractivity contribution in [2.75, 3.05) is 34.3 Å². The fourth-order valence-corrected chi connectivity index (χ4v) is 9.10. The zero-order valence-electron chi connectivity index (χ0n) is 30.9. The molecular formula is C41H53N5O5. The number of likely N-dealkylation sites (N-methyl/N-ethyl adjacent to an activating group) is 1. The number of carbonyl (C=O) groups is 2. The van der Waals surface area contributed by atoms with Gasteiger partial charge in [0.15, 0.2) is 0 Å². The first-order valence-corrected chi connectivity index (χ1v) is 18.3. The third kappa shape index (κ3) is 7.82. The number of likely N-dealkylation sites (tertiary alicyclic amines) is 1. The highest BCUT2D eigenvalue weighted by Crippen LogP contribution is 2.61. The molecule has 1 heterocycles. The molecule has 0 aromatic heterocycles. The lowest BCUT2D eigenvalue weighted by Gasteiger charge is -2.62. The lowest BCUT2D eigenvalue weighted by atomic mass is 9.45. The van der Waals surface area contributed by atoms with Gasteiger partial charge in [0.1, 0.15) is 5.75 Å². The van der Waals surface area contributed by atoms with Crippen LogP contribution in [-0.2, 0) is 17.8 Å². The van der Waals surface area contributed by atoms with Gasteiger partial charge >= 0.3 is 0 Å². The van der Waals surface area contributed by atoms with Crippen LogP contribution >= 0.6 is 0 Å². The van der Waals surface area contributed by atoms with Crippen LogP contribution in [0.3, 0.4) is 0 Å². The zero-order chi connectivity index (χ0) is 36.4. The zero-order valence-corrected chi connectivity index (χ0v) is 30.9. The molecule has 4 aliphatic rings. The van der Waals surface area contributed by atoms with Crippen molar-refractivity contribution < 1.29 is 19.2 Å². The molecule has 2 bridgehead atoms. The second-order valence-electron chi connectivity index (χ2n) is 15.8. The minimum absolute atomic E-state index is 0.104. The van der Waals surface area contributed by atoms with Crippen molar-refractivity contribution in [3.63, 3.8) is 0 Å². The van der Waals surface area contributed by atoms with Gasteiger partial charge in [-0.1, -0.05) is 69.3 Å². The Bertz CT molecular complexity index is 1740. The van der Waals surface area contributed by atoms with Crippen LogP contribution in [0.5, 0.6) is 5.75 Å². The standard InChI is InChI=1S/C41H53N5O5/c1-26-35-22-31(41(35,2)3)23-36(26)43-40(48)37-16-11-17-45(37)24-28-14-10-15-34(38(28)51-6)29-19-30(21-33(20-29)46(49)50)39(47)42-32(25-44(4)5)18-27-12-8-7-9-13-27/h7-10,12-15,19-21,26,31-32,35-37H,11,16-18,22-25H2,1-6H3,(H,42,47)(H,43,48)/t26-,31-,32-,35-,36-,37-/m0/s1. The maximum absolute atomic E-state index is 13.7. The molecule has 4 fully saturated rings. The van der Waals surface area contributed by atoms with E-state index in [1.807, 2.05) is 67.5 Å². The highest BCUT2D eigenvalue weighted by atomic mass is 16.6. The molecule has 51 heavy (non-hydrogen) atoms. The minimum atomic E-state index is -0.469. The van der Waals surface area contributed by atoms with E-state index in [4.69, 9.17) is 4.74 Å². The molecule has 3 saturated carbocycles. The Labute approximate surface area is 302 Å². The van der Waals surface area contributed by atoms with E-state index in [2.05, 4.69) is 36.3 Å². The Balaban J connectivity index is 1.21. The topological polar surface area (TPSA) is 117 Å². The summed E-state index contributed by atoms with van der Waals surface area (Å²) in [5, 5.41) is 18.7. The van der Waals surface area contributed by atoms with Crippen LogP contribution in [0, 0.1) is 33.3 Å². The van der Waals surface area contributed by atoms with Gasteiger partial charge in [-0.3, -0.25) is 24.6 Å². The molecule has 0 unspecified atom stereocenters. The number of ether oxygens (including phenoxy) is 1. The number of nitrogens with zero attached hydrogens (tertiary/aromatic N) is 3. The van der Waals surface area contributed by atoms with E-state index in [1.54, 1.807) is 13.2 Å². The summed E-state index contributed by atoms with van der Waals surface area (Å²) in [6.07, 6.45) is 4.67.